The molecule has 8 aromatic carbocycles. The van der Waals surface area contributed by atoms with Crippen molar-refractivity contribution in [1.82, 2.24) is 0 Å². The summed E-state index contributed by atoms with van der Waals surface area (Å²) in [7, 11) is 0. The van der Waals surface area contributed by atoms with E-state index in [2.05, 4.69) is 243 Å². The molecule has 0 fully saturated rings. The van der Waals surface area contributed by atoms with Crippen LogP contribution in [0.1, 0.15) is 16.7 Å². The molecule has 0 aromatic heterocycles. The van der Waals surface area contributed by atoms with Crippen LogP contribution in [0, 0.1) is 0 Å². The normalized spacial score (nSPS) is 16.5. The smallest absolute Gasteiger partial charge is 2.00 e. The molecule has 0 nitrogen and oxygen atoms in total. The summed E-state index contributed by atoms with van der Waals surface area (Å²) in [5.74, 6) is -9.15. The second kappa shape index (κ2) is 14.8. The maximum Gasteiger partial charge on any atom is 2.00 e. The first kappa shape index (κ1) is 38.4. The molecule has 0 saturated carbocycles. The van der Waals surface area contributed by atoms with Gasteiger partial charge in [-0.3, -0.25) is 0 Å². The Morgan fingerprint density at radius 3 is 0.857 bits per heavy atom. The van der Waals surface area contributed by atoms with Gasteiger partial charge in [-0.2, -0.15) is 0 Å². The third-order valence-corrected chi connectivity index (χ3v) is 30.9. The molecule has 0 heterocycles. The van der Waals surface area contributed by atoms with Crippen molar-refractivity contribution in [3.8, 4) is 0 Å². The van der Waals surface area contributed by atoms with E-state index in [-0.39, 0.29) is 19.5 Å². The summed E-state index contributed by atoms with van der Waals surface area (Å²) in [5, 5.41) is 6.28. The summed E-state index contributed by atoms with van der Waals surface area (Å²) in [5.41, 5.74) is 4.47. The number of hydrogen-bond donors (Lipinski definition) is 0. The molecule has 56 heavy (non-hydrogen) atoms. The third-order valence-electron chi connectivity index (χ3n) is 11.8. The minimum absolute atomic E-state index is 0. The quantitative estimate of drug-likeness (QED) is 0.100. The summed E-state index contributed by atoms with van der Waals surface area (Å²) >= 11 is 19.6. The Kier molecular flexibility index (Phi) is 10.2. The van der Waals surface area contributed by atoms with Gasteiger partial charge in [0.25, 0.3) is 0 Å². The molecule has 5 heteroatoms. The number of rotatable bonds is 9. The first-order chi connectivity index (χ1) is 27.0. The maximum absolute atomic E-state index is 9.78. The van der Waals surface area contributed by atoms with Gasteiger partial charge in [0.05, 0.1) is 0 Å². The summed E-state index contributed by atoms with van der Waals surface area (Å²) in [6, 6.07) is 84.9. The van der Waals surface area contributed by atoms with Gasteiger partial charge in [-0.15, -0.1) is 0 Å². The minimum atomic E-state index is -4.57. The molecule has 0 saturated heterocycles. The number of allylic oxidation sites excluding steroid dienone is 1. The maximum atomic E-state index is 9.78. The second-order valence-electron chi connectivity index (χ2n) is 14.2. The van der Waals surface area contributed by atoms with Gasteiger partial charge in [-0.05, 0) is 0 Å². The van der Waals surface area contributed by atoms with Crippen molar-refractivity contribution in [2.45, 2.75) is 4.90 Å². The predicted molar refractivity (Wildman–Crippen MR) is 244 cm³/mol. The second-order valence-corrected chi connectivity index (χ2v) is 27.2. The molecular weight excluding hydrogens is 846 g/mol. The van der Waals surface area contributed by atoms with Gasteiger partial charge < -0.3 is 0 Å². The van der Waals surface area contributed by atoms with Crippen LogP contribution in [0.4, 0.5) is 0 Å². The van der Waals surface area contributed by atoms with Gasteiger partial charge in [0.2, 0.25) is 0 Å². The Balaban J connectivity index is 0.00000441. The zero-order chi connectivity index (χ0) is 37.5. The van der Waals surface area contributed by atoms with Gasteiger partial charge >= 0.3 is 356 Å². The molecule has 1 aliphatic rings. The van der Waals surface area contributed by atoms with E-state index in [4.69, 9.17) is 0 Å². The fourth-order valence-corrected chi connectivity index (χ4v) is 31.0. The van der Waals surface area contributed by atoms with Crippen LogP contribution in [0.25, 0.3) is 5.57 Å². The van der Waals surface area contributed by atoms with Crippen molar-refractivity contribution in [2.24, 2.45) is 0 Å². The van der Waals surface area contributed by atoms with E-state index in [1.165, 1.54) is 0 Å². The van der Waals surface area contributed by atoms with Crippen molar-refractivity contribution in [3.05, 3.63) is 259 Å². The SMILES string of the molecule is ClP(c1ccccc1)(c1ccccc1)(c1ccccc1)C1(P(Cl)(c2ccccc2)(c2ccccc2)c2ccccc2)C=C(c2ccccc2)c2ccccc21.[Ru+2]. The average Bonchev–Trinajstić information content (AvgIpc) is 3.66. The molecule has 0 unspecified atom stereocenters. The number of halogens is 2. The van der Waals surface area contributed by atoms with E-state index in [0.717, 1.165) is 54.1 Å². The van der Waals surface area contributed by atoms with Crippen LogP contribution >= 0.6 is 34.4 Å². The monoisotopic (exact) mass is 886 g/mol. The van der Waals surface area contributed by atoms with E-state index in [0.29, 0.717) is 0 Å². The van der Waals surface area contributed by atoms with Gasteiger partial charge in [0.15, 0.2) is 0 Å². The van der Waals surface area contributed by atoms with Crippen molar-refractivity contribution in [3.63, 3.8) is 0 Å². The van der Waals surface area contributed by atoms with Crippen molar-refractivity contribution in [1.29, 1.82) is 0 Å². The van der Waals surface area contributed by atoms with Crippen molar-refractivity contribution >= 4 is 71.8 Å². The van der Waals surface area contributed by atoms with Crippen molar-refractivity contribution in [2.75, 3.05) is 0 Å². The summed E-state index contributed by atoms with van der Waals surface area (Å²) < 4.78 is 0. The molecule has 0 radical (unpaired) electrons. The summed E-state index contributed by atoms with van der Waals surface area (Å²) in [6.45, 7) is 0. The van der Waals surface area contributed by atoms with Crippen LogP contribution in [-0.4, -0.2) is 0 Å². The van der Waals surface area contributed by atoms with Gasteiger partial charge in [-0.1, -0.05) is 0 Å². The summed E-state index contributed by atoms with van der Waals surface area (Å²) in [6.07, 6.45) is 2.54. The molecule has 0 amide bonds. The van der Waals surface area contributed by atoms with Gasteiger partial charge in [-0.25, -0.2) is 0 Å². The van der Waals surface area contributed by atoms with E-state index < -0.39 is 16.8 Å². The van der Waals surface area contributed by atoms with E-state index in [9.17, 15) is 22.5 Å². The first-order valence-corrected chi connectivity index (χ1v) is 24.9. The predicted octanol–water partition coefficient (Wildman–Crippen LogP) is 11.6. The Hall–Kier alpha value is -4.44. The van der Waals surface area contributed by atoms with E-state index in [1.807, 2.05) is 0 Å². The zero-order valence-electron chi connectivity index (χ0n) is 30.6. The molecular formula is C51H40Cl2P2Ru+2. The van der Waals surface area contributed by atoms with Crippen molar-refractivity contribution < 1.29 is 19.5 Å². The number of benzene rings is 8. The van der Waals surface area contributed by atoms with E-state index >= 15 is 0 Å². The van der Waals surface area contributed by atoms with E-state index in [1.54, 1.807) is 0 Å². The molecule has 0 aliphatic heterocycles. The molecule has 8 aromatic rings. The largest absolute Gasteiger partial charge is 2.00 e. The Bertz CT molecular complexity index is 2290. The Labute approximate surface area is 353 Å². The summed E-state index contributed by atoms with van der Waals surface area (Å²) in [4.78, 5) is -1.14. The van der Waals surface area contributed by atoms with Gasteiger partial charge in [0, 0.05) is 0 Å². The molecule has 0 bridgehead atoms. The minimum Gasteiger partial charge on any atom is 2.00 e. The van der Waals surface area contributed by atoms with Gasteiger partial charge in [0.1, 0.15) is 0 Å². The first-order valence-electron chi connectivity index (χ1n) is 18.7. The molecule has 0 spiro atoms. The molecule has 274 valence electrons. The third kappa shape index (κ3) is 4.96. The van der Waals surface area contributed by atoms with Crippen LogP contribution in [0.15, 0.2) is 243 Å². The Morgan fingerprint density at radius 2 is 0.554 bits per heavy atom. The molecule has 9 rings (SSSR count). The standard InChI is InChI=1S/C51H40Cl2P2.Ru/c52-54(42-26-10-2-11-27-42,43-28-12-3-13-29-43,44-30-14-4-15-31-44)51(40-49(41-24-8-1-9-25-41)48-38-22-23-39-50(48)51)55(53,45-32-16-5-17-33-45,46-34-18-6-19-35-46)47-36-20-7-21-37-47;/h1-40H;/q;+2. The average molecular weight is 887 g/mol. The number of hydrogen-bond acceptors (Lipinski definition) is 0. The van der Waals surface area contributed by atoms with Crippen LogP contribution in [0.2, 0.25) is 0 Å². The topological polar surface area (TPSA) is 0 Å². The fourth-order valence-electron chi connectivity index (χ4n) is 9.62. The van der Waals surface area contributed by atoms with Crippen LogP contribution in [0.5, 0.6) is 0 Å². The molecule has 0 atom stereocenters. The van der Waals surface area contributed by atoms with Crippen LogP contribution in [0.3, 0.4) is 0 Å². The van der Waals surface area contributed by atoms with Crippen LogP contribution < -0.4 is 31.8 Å². The molecule has 0 N–H and O–H groups in total. The number of fused-ring (bicyclic) bond motifs is 1. The Morgan fingerprint density at radius 1 is 0.304 bits per heavy atom. The zero-order valence-corrected chi connectivity index (χ0v) is 35.6. The molecule has 1 aliphatic carbocycles. The fraction of sp³-hybridized carbons (Fsp3) is 0.0196. The van der Waals surface area contributed by atoms with Crippen LogP contribution in [-0.2, 0) is 24.4 Å².